The maximum atomic E-state index is 5.35. The second-order valence-corrected chi connectivity index (χ2v) is 8.32. The van der Waals surface area contributed by atoms with E-state index in [4.69, 9.17) is 4.52 Å². The molecule has 5 heterocycles. The van der Waals surface area contributed by atoms with Gasteiger partial charge in [0.2, 0.25) is 0 Å². The number of nitrogens with zero attached hydrogens (tertiary/aromatic N) is 4. The largest absolute Gasteiger partial charge is 0.361 e. The van der Waals surface area contributed by atoms with Gasteiger partial charge >= 0.3 is 0 Å². The summed E-state index contributed by atoms with van der Waals surface area (Å²) in [6.07, 6.45) is 2.68. The summed E-state index contributed by atoms with van der Waals surface area (Å²) in [5.74, 6) is 1.75. The summed E-state index contributed by atoms with van der Waals surface area (Å²) in [5.41, 5.74) is 5.50. The minimum absolute atomic E-state index is 0.658. The van der Waals surface area contributed by atoms with E-state index in [-0.39, 0.29) is 0 Å². The number of hydrogen-bond acceptors (Lipinski definition) is 6. The number of aryl methyl sites for hydroxylation is 3. The monoisotopic (exact) mass is 346 g/mol. The van der Waals surface area contributed by atoms with Crippen LogP contribution in [0.2, 0.25) is 0 Å². The van der Waals surface area contributed by atoms with Gasteiger partial charge in [0.25, 0.3) is 0 Å². The van der Waals surface area contributed by atoms with Crippen LogP contribution in [0, 0.1) is 26.7 Å². The summed E-state index contributed by atoms with van der Waals surface area (Å²) in [5, 5.41) is 4.12. The molecule has 3 aliphatic rings. The molecule has 5 rings (SSSR count). The molecule has 0 amide bonds. The van der Waals surface area contributed by atoms with Crippen LogP contribution in [0.1, 0.15) is 40.4 Å². The molecule has 2 atom stereocenters. The van der Waals surface area contributed by atoms with E-state index in [1.165, 1.54) is 42.1 Å². The maximum Gasteiger partial charge on any atom is 0.138 e. The zero-order valence-corrected chi connectivity index (χ0v) is 15.6. The summed E-state index contributed by atoms with van der Waals surface area (Å²) >= 11 is 1.80. The van der Waals surface area contributed by atoms with Gasteiger partial charge in [0.1, 0.15) is 5.76 Å². The first-order chi connectivity index (χ1) is 11.6. The standard InChI is InChI=1S/C18H26N4OS/c1-12-17(14(3)23-20-12)9-21-6-15-4-5-16(8-21)22(7-15)10-18-13(2)19-11-24-18/h11,15-16H,4-10H2,1-3H3/t15-,16+/m0/s1. The minimum Gasteiger partial charge on any atom is -0.361 e. The van der Waals surface area contributed by atoms with E-state index in [0.29, 0.717) is 6.04 Å². The van der Waals surface area contributed by atoms with Crippen molar-refractivity contribution in [1.82, 2.24) is 19.9 Å². The topological polar surface area (TPSA) is 45.4 Å². The Labute approximate surface area is 147 Å². The van der Waals surface area contributed by atoms with Crippen LogP contribution in [-0.4, -0.2) is 45.6 Å². The molecule has 3 fully saturated rings. The van der Waals surface area contributed by atoms with Gasteiger partial charge in [0.15, 0.2) is 0 Å². The summed E-state index contributed by atoms with van der Waals surface area (Å²) < 4.78 is 5.35. The van der Waals surface area contributed by atoms with Crippen LogP contribution < -0.4 is 0 Å². The zero-order chi connectivity index (χ0) is 16.7. The van der Waals surface area contributed by atoms with E-state index in [1.54, 1.807) is 11.3 Å². The van der Waals surface area contributed by atoms with Crippen molar-refractivity contribution in [3.05, 3.63) is 33.1 Å². The molecule has 0 aliphatic carbocycles. The molecule has 0 aromatic carbocycles. The third-order valence-corrected chi connectivity index (χ3v) is 6.58. The van der Waals surface area contributed by atoms with E-state index in [9.17, 15) is 0 Å². The van der Waals surface area contributed by atoms with Gasteiger partial charge < -0.3 is 4.52 Å². The molecule has 0 radical (unpaired) electrons. The molecule has 2 aromatic rings. The Bertz CT molecular complexity index is 690. The SMILES string of the molecule is Cc1ncsc1CN1C[C@H]2CC[C@@H]1CN(Cc1c(C)noc1C)C2. The fourth-order valence-corrected chi connectivity index (χ4v) is 5.01. The van der Waals surface area contributed by atoms with E-state index in [2.05, 4.69) is 33.8 Å². The predicted molar refractivity (Wildman–Crippen MR) is 95.0 cm³/mol. The lowest BCUT2D eigenvalue weighted by atomic mass is 9.95. The van der Waals surface area contributed by atoms with Gasteiger partial charge in [-0.2, -0.15) is 0 Å². The first-order valence-electron chi connectivity index (χ1n) is 8.87. The van der Waals surface area contributed by atoms with Crippen LogP contribution in [0.5, 0.6) is 0 Å². The fourth-order valence-electron chi connectivity index (χ4n) is 4.21. The van der Waals surface area contributed by atoms with Crippen molar-refractivity contribution < 1.29 is 4.52 Å². The quantitative estimate of drug-likeness (QED) is 0.851. The molecule has 0 spiro atoms. The smallest absolute Gasteiger partial charge is 0.138 e. The third-order valence-electron chi connectivity index (χ3n) is 5.66. The minimum atomic E-state index is 0.658. The van der Waals surface area contributed by atoms with Crippen molar-refractivity contribution in [2.75, 3.05) is 19.6 Å². The number of piperidine rings is 1. The van der Waals surface area contributed by atoms with Crippen LogP contribution in [0.25, 0.3) is 0 Å². The van der Waals surface area contributed by atoms with Crippen molar-refractivity contribution in [3.8, 4) is 0 Å². The summed E-state index contributed by atoms with van der Waals surface area (Å²) in [6, 6.07) is 0.658. The molecule has 130 valence electrons. The van der Waals surface area contributed by atoms with Crippen molar-refractivity contribution in [2.24, 2.45) is 5.92 Å². The van der Waals surface area contributed by atoms with Crippen LogP contribution in [-0.2, 0) is 13.1 Å². The van der Waals surface area contributed by atoms with Gasteiger partial charge in [0.05, 0.1) is 16.9 Å². The molecule has 3 saturated heterocycles. The third kappa shape index (κ3) is 3.15. The molecule has 6 heteroatoms. The van der Waals surface area contributed by atoms with Crippen molar-refractivity contribution in [3.63, 3.8) is 0 Å². The van der Waals surface area contributed by atoms with Gasteiger partial charge in [-0.05, 0) is 39.5 Å². The highest BCUT2D eigenvalue weighted by Crippen LogP contribution is 2.31. The molecule has 3 aliphatic heterocycles. The zero-order valence-electron chi connectivity index (χ0n) is 14.8. The lowest BCUT2D eigenvalue weighted by Crippen LogP contribution is -2.43. The first-order valence-corrected chi connectivity index (χ1v) is 9.75. The van der Waals surface area contributed by atoms with Gasteiger partial charge in [-0.15, -0.1) is 11.3 Å². The molecule has 5 nitrogen and oxygen atoms in total. The Balaban J connectivity index is 1.47. The summed E-state index contributed by atoms with van der Waals surface area (Å²) in [7, 11) is 0. The van der Waals surface area contributed by atoms with Gasteiger partial charge in [-0.3, -0.25) is 9.80 Å². The van der Waals surface area contributed by atoms with Gasteiger partial charge in [0, 0.05) is 49.2 Å². The Hall–Kier alpha value is -1.24. The van der Waals surface area contributed by atoms with E-state index in [1.807, 2.05) is 12.4 Å². The maximum absolute atomic E-state index is 5.35. The summed E-state index contributed by atoms with van der Waals surface area (Å²) in [6.45, 7) is 11.8. The highest BCUT2D eigenvalue weighted by molar-refractivity contribution is 7.09. The number of rotatable bonds is 4. The molecule has 0 unspecified atom stereocenters. The van der Waals surface area contributed by atoms with Crippen LogP contribution in [0.3, 0.4) is 0 Å². The number of hydrogen-bond donors (Lipinski definition) is 0. The lowest BCUT2D eigenvalue weighted by molar-refractivity contribution is 0.124. The normalized spacial score (nSPS) is 25.3. The van der Waals surface area contributed by atoms with Gasteiger partial charge in [-0.1, -0.05) is 5.16 Å². The second-order valence-electron chi connectivity index (χ2n) is 7.38. The first kappa shape index (κ1) is 16.2. The van der Waals surface area contributed by atoms with Crippen molar-refractivity contribution >= 4 is 11.3 Å². The average molecular weight is 347 g/mol. The highest BCUT2D eigenvalue weighted by atomic mass is 32.1. The van der Waals surface area contributed by atoms with Crippen molar-refractivity contribution in [2.45, 2.75) is 52.7 Å². The van der Waals surface area contributed by atoms with E-state index < -0.39 is 0 Å². The van der Waals surface area contributed by atoms with Crippen LogP contribution in [0.4, 0.5) is 0 Å². The van der Waals surface area contributed by atoms with E-state index >= 15 is 0 Å². The Morgan fingerprint density at radius 1 is 1.12 bits per heavy atom. The Morgan fingerprint density at radius 3 is 2.71 bits per heavy atom. The lowest BCUT2D eigenvalue weighted by Gasteiger charge is -2.36. The van der Waals surface area contributed by atoms with Crippen LogP contribution >= 0.6 is 11.3 Å². The van der Waals surface area contributed by atoms with E-state index in [0.717, 1.165) is 37.0 Å². The van der Waals surface area contributed by atoms with Gasteiger partial charge in [-0.25, -0.2) is 4.98 Å². The molecular formula is C18H26N4OS. The Kier molecular flexibility index (Phi) is 4.45. The molecule has 0 saturated carbocycles. The molecule has 0 N–H and O–H groups in total. The highest BCUT2D eigenvalue weighted by Gasteiger charge is 2.35. The number of fused-ring (bicyclic) bond motifs is 4. The number of aromatic nitrogens is 2. The predicted octanol–water partition coefficient (Wildman–Crippen LogP) is 3.15. The second kappa shape index (κ2) is 6.58. The Morgan fingerprint density at radius 2 is 2.00 bits per heavy atom. The molecular weight excluding hydrogens is 320 g/mol. The molecule has 2 bridgehead atoms. The fraction of sp³-hybridized carbons (Fsp3) is 0.667. The molecule has 2 aromatic heterocycles. The average Bonchev–Trinajstić information content (AvgIpc) is 2.96. The number of thiazole rings is 1. The molecule has 24 heavy (non-hydrogen) atoms. The van der Waals surface area contributed by atoms with Crippen molar-refractivity contribution in [1.29, 1.82) is 0 Å². The summed E-state index contributed by atoms with van der Waals surface area (Å²) in [4.78, 5) is 11.2. The van der Waals surface area contributed by atoms with Crippen LogP contribution in [0.15, 0.2) is 10.0 Å².